The van der Waals surface area contributed by atoms with Crippen molar-refractivity contribution in [3.05, 3.63) is 53.7 Å². The van der Waals surface area contributed by atoms with Gasteiger partial charge in [0.2, 0.25) is 5.91 Å². The summed E-state index contributed by atoms with van der Waals surface area (Å²) in [5.41, 5.74) is 0.595. The van der Waals surface area contributed by atoms with Crippen molar-refractivity contribution in [2.24, 2.45) is 0 Å². The van der Waals surface area contributed by atoms with Gasteiger partial charge in [-0.1, -0.05) is 23.7 Å². The van der Waals surface area contributed by atoms with Gasteiger partial charge in [-0.15, -0.1) is 0 Å². The van der Waals surface area contributed by atoms with Crippen LogP contribution in [-0.4, -0.2) is 54.0 Å². The molecular formula is C19H22ClN5O2. The van der Waals surface area contributed by atoms with E-state index in [-0.39, 0.29) is 11.9 Å². The Bertz CT molecular complexity index is 794. The van der Waals surface area contributed by atoms with Crippen molar-refractivity contribution >= 4 is 35.0 Å². The molecule has 7 nitrogen and oxygen atoms in total. The quantitative estimate of drug-likeness (QED) is 0.845. The van der Waals surface area contributed by atoms with Crippen LogP contribution in [0.3, 0.4) is 0 Å². The fourth-order valence-corrected chi connectivity index (χ4v) is 3.03. The SMILES string of the molecule is C[C@H](NC(=O)N1CCN(c2ccccn2)CC1)C(=O)Nc1cccc(Cl)c1. The first-order chi connectivity index (χ1) is 13.0. The number of carbonyl (C=O) groups is 2. The number of hydrogen-bond acceptors (Lipinski definition) is 4. The number of nitrogens with one attached hydrogen (secondary N) is 2. The van der Waals surface area contributed by atoms with E-state index in [4.69, 9.17) is 11.6 Å². The van der Waals surface area contributed by atoms with Crippen LogP contribution < -0.4 is 15.5 Å². The molecular weight excluding hydrogens is 366 g/mol. The van der Waals surface area contributed by atoms with Crippen LogP contribution >= 0.6 is 11.6 Å². The Kier molecular flexibility index (Phi) is 6.13. The minimum atomic E-state index is -0.662. The molecule has 1 atom stereocenters. The normalized spacial score (nSPS) is 15.2. The van der Waals surface area contributed by atoms with Gasteiger partial charge in [-0.3, -0.25) is 4.79 Å². The highest BCUT2D eigenvalue weighted by Crippen LogP contribution is 2.15. The van der Waals surface area contributed by atoms with Gasteiger partial charge in [0, 0.05) is 43.1 Å². The van der Waals surface area contributed by atoms with Crippen molar-refractivity contribution in [1.82, 2.24) is 15.2 Å². The third-order valence-corrected chi connectivity index (χ3v) is 4.60. The topological polar surface area (TPSA) is 77.6 Å². The molecule has 0 aliphatic carbocycles. The Morgan fingerprint density at radius 3 is 2.56 bits per heavy atom. The van der Waals surface area contributed by atoms with Crippen LogP contribution in [-0.2, 0) is 4.79 Å². The van der Waals surface area contributed by atoms with Crippen LogP contribution in [0.1, 0.15) is 6.92 Å². The fourth-order valence-electron chi connectivity index (χ4n) is 2.84. The number of rotatable bonds is 4. The first-order valence-electron chi connectivity index (χ1n) is 8.81. The van der Waals surface area contributed by atoms with E-state index >= 15 is 0 Å². The summed E-state index contributed by atoms with van der Waals surface area (Å²) < 4.78 is 0. The van der Waals surface area contributed by atoms with E-state index in [1.165, 1.54) is 0 Å². The molecule has 0 radical (unpaired) electrons. The van der Waals surface area contributed by atoms with Gasteiger partial charge in [0.05, 0.1) is 0 Å². The van der Waals surface area contributed by atoms with E-state index < -0.39 is 6.04 Å². The number of halogens is 1. The summed E-state index contributed by atoms with van der Waals surface area (Å²) in [5.74, 6) is 0.615. The van der Waals surface area contributed by atoms with E-state index in [9.17, 15) is 9.59 Å². The highest BCUT2D eigenvalue weighted by molar-refractivity contribution is 6.30. The van der Waals surface area contributed by atoms with Crippen LogP contribution in [0.15, 0.2) is 48.7 Å². The summed E-state index contributed by atoms with van der Waals surface area (Å²) in [7, 11) is 0. The second kappa shape index (κ2) is 8.73. The molecule has 3 rings (SSSR count). The minimum absolute atomic E-state index is 0.246. The van der Waals surface area contributed by atoms with Gasteiger partial charge in [-0.2, -0.15) is 0 Å². The third-order valence-electron chi connectivity index (χ3n) is 4.37. The molecule has 0 saturated carbocycles. The van der Waals surface area contributed by atoms with Crippen LogP contribution in [0.4, 0.5) is 16.3 Å². The molecule has 0 spiro atoms. The van der Waals surface area contributed by atoms with Crippen LogP contribution in [0, 0.1) is 0 Å². The van der Waals surface area contributed by atoms with E-state index in [0.717, 1.165) is 5.82 Å². The van der Waals surface area contributed by atoms with E-state index in [2.05, 4.69) is 20.5 Å². The molecule has 1 aromatic carbocycles. The molecule has 3 amide bonds. The second-order valence-electron chi connectivity index (χ2n) is 6.33. The summed E-state index contributed by atoms with van der Waals surface area (Å²) in [5, 5.41) is 6.03. The van der Waals surface area contributed by atoms with Gasteiger partial charge in [0.1, 0.15) is 11.9 Å². The summed E-state index contributed by atoms with van der Waals surface area (Å²) in [6.45, 7) is 4.21. The molecule has 1 aromatic heterocycles. The standard InChI is InChI=1S/C19H22ClN5O2/c1-14(18(26)23-16-6-4-5-15(20)13-16)22-19(27)25-11-9-24(10-12-25)17-7-2-3-8-21-17/h2-8,13-14H,9-12H2,1H3,(H,22,27)(H,23,26)/t14-/m0/s1. The van der Waals surface area contributed by atoms with Crippen molar-refractivity contribution < 1.29 is 9.59 Å². The monoisotopic (exact) mass is 387 g/mol. The molecule has 2 heterocycles. The molecule has 1 aliphatic rings. The number of hydrogen-bond donors (Lipinski definition) is 2. The van der Waals surface area contributed by atoms with Crippen molar-refractivity contribution in [2.75, 3.05) is 36.4 Å². The summed E-state index contributed by atoms with van der Waals surface area (Å²) in [6, 6.07) is 11.8. The molecule has 0 bridgehead atoms. The lowest BCUT2D eigenvalue weighted by molar-refractivity contribution is -0.117. The van der Waals surface area contributed by atoms with Gasteiger partial charge < -0.3 is 20.4 Å². The molecule has 1 saturated heterocycles. The number of piperazine rings is 1. The maximum atomic E-state index is 12.4. The average molecular weight is 388 g/mol. The number of urea groups is 1. The number of nitrogens with zero attached hydrogens (tertiary/aromatic N) is 3. The highest BCUT2D eigenvalue weighted by atomic mass is 35.5. The third kappa shape index (κ3) is 5.10. The fraction of sp³-hybridized carbons (Fsp3) is 0.316. The minimum Gasteiger partial charge on any atom is -0.353 e. The van der Waals surface area contributed by atoms with Gasteiger partial charge >= 0.3 is 6.03 Å². The Morgan fingerprint density at radius 1 is 1.11 bits per heavy atom. The first kappa shape index (κ1) is 19.0. The molecule has 27 heavy (non-hydrogen) atoms. The van der Waals surface area contributed by atoms with Gasteiger partial charge in [-0.05, 0) is 37.3 Å². The van der Waals surface area contributed by atoms with Crippen molar-refractivity contribution in [2.45, 2.75) is 13.0 Å². The first-order valence-corrected chi connectivity index (χ1v) is 9.18. The predicted molar refractivity (Wildman–Crippen MR) is 106 cm³/mol. The molecule has 1 aliphatic heterocycles. The number of amides is 3. The summed E-state index contributed by atoms with van der Waals surface area (Å²) in [4.78, 5) is 32.9. The van der Waals surface area contributed by atoms with Crippen LogP contribution in [0.5, 0.6) is 0 Å². The van der Waals surface area contributed by atoms with E-state index in [0.29, 0.717) is 36.9 Å². The largest absolute Gasteiger partial charge is 0.353 e. The van der Waals surface area contributed by atoms with Gasteiger partial charge in [-0.25, -0.2) is 9.78 Å². The lowest BCUT2D eigenvalue weighted by Crippen LogP contribution is -2.54. The Labute approximate surface area is 163 Å². The number of anilines is 2. The maximum absolute atomic E-state index is 12.4. The molecule has 2 N–H and O–H groups in total. The molecule has 2 aromatic rings. The van der Waals surface area contributed by atoms with Crippen molar-refractivity contribution in [3.63, 3.8) is 0 Å². The number of benzene rings is 1. The summed E-state index contributed by atoms with van der Waals surface area (Å²) >= 11 is 5.91. The van der Waals surface area contributed by atoms with E-state index in [1.807, 2.05) is 18.2 Å². The van der Waals surface area contributed by atoms with Crippen LogP contribution in [0.2, 0.25) is 5.02 Å². The number of pyridine rings is 1. The Hall–Kier alpha value is -2.80. The van der Waals surface area contributed by atoms with Crippen LogP contribution in [0.25, 0.3) is 0 Å². The number of aromatic nitrogens is 1. The predicted octanol–water partition coefficient (Wildman–Crippen LogP) is 2.59. The van der Waals surface area contributed by atoms with Crippen molar-refractivity contribution in [3.8, 4) is 0 Å². The second-order valence-corrected chi connectivity index (χ2v) is 6.77. The lowest BCUT2D eigenvalue weighted by Gasteiger charge is -2.35. The van der Waals surface area contributed by atoms with E-state index in [1.54, 1.807) is 42.3 Å². The Morgan fingerprint density at radius 2 is 1.89 bits per heavy atom. The molecule has 142 valence electrons. The average Bonchev–Trinajstić information content (AvgIpc) is 2.68. The molecule has 8 heteroatoms. The lowest BCUT2D eigenvalue weighted by atomic mass is 10.2. The van der Waals surface area contributed by atoms with Gasteiger partial charge in [0.15, 0.2) is 0 Å². The molecule has 0 unspecified atom stereocenters. The molecule has 1 fully saturated rings. The zero-order valence-corrected chi connectivity index (χ0v) is 15.8. The maximum Gasteiger partial charge on any atom is 0.318 e. The summed E-state index contributed by atoms with van der Waals surface area (Å²) in [6.07, 6.45) is 1.76. The highest BCUT2D eigenvalue weighted by Gasteiger charge is 2.24. The van der Waals surface area contributed by atoms with Gasteiger partial charge in [0.25, 0.3) is 0 Å². The number of carbonyl (C=O) groups excluding carboxylic acids is 2. The van der Waals surface area contributed by atoms with Crippen molar-refractivity contribution in [1.29, 1.82) is 0 Å². The smallest absolute Gasteiger partial charge is 0.318 e. The zero-order chi connectivity index (χ0) is 19.2. The zero-order valence-electron chi connectivity index (χ0n) is 15.1. The Balaban J connectivity index is 1.48.